The van der Waals surface area contributed by atoms with Crippen LogP contribution in [0.4, 0.5) is 0 Å². The molecule has 7 heteroatoms. The maximum absolute atomic E-state index is 11.9. The van der Waals surface area contributed by atoms with Crippen LogP contribution in [0.2, 0.25) is 0 Å². The van der Waals surface area contributed by atoms with E-state index in [-0.39, 0.29) is 5.91 Å². The summed E-state index contributed by atoms with van der Waals surface area (Å²) in [6, 6.07) is 2.07. The molecule has 0 saturated heterocycles. The number of aromatic nitrogens is 3. The van der Waals surface area contributed by atoms with Crippen molar-refractivity contribution in [3.05, 3.63) is 28.2 Å². The molecule has 24 heavy (non-hydrogen) atoms. The van der Waals surface area contributed by atoms with E-state index in [1.54, 1.807) is 23.1 Å². The summed E-state index contributed by atoms with van der Waals surface area (Å²) >= 11 is 3.30. The Kier molecular flexibility index (Phi) is 7.78. The molecule has 0 radical (unpaired) electrons. The van der Waals surface area contributed by atoms with Gasteiger partial charge < -0.3 is 9.88 Å². The molecule has 0 aliphatic rings. The number of carbonyl (C=O) groups is 1. The lowest BCUT2D eigenvalue weighted by atomic mass is 10.2. The van der Waals surface area contributed by atoms with Crippen molar-refractivity contribution in [3.63, 3.8) is 0 Å². The highest BCUT2D eigenvalue weighted by Gasteiger charge is 2.12. The maximum atomic E-state index is 11.9. The summed E-state index contributed by atoms with van der Waals surface area (Å²) < 4.78 is 2.20. The van der Waals surface area contributed by atoms with Crippen LogP contribution in [0, 0.1) is 5.92 Å². The van der Waals surface area contributed by atoms with E-state index in [0.717, 1.165) is 36.8 Å². The quantitative estimate of drug-likeness (QED) is 0.517. The third kappa shape index (κ3) is 5.94. The number of amides is 1. The second kappa shape index (κ2) is 9.84. The van der Waals surface area contributed by atoms with Gasteiger partial charge in [0.2, 0.25) is 5.91 Å². The SMILES string of the molecule is CSc1nnc(CCCNC(=O)CCc2ccsc2)n1CC(C)C. The fraction of sp³-hybridized carbons (Fsp3) is 0.588. The van der Waals surface area contributed by atoms with Gasteiger partial charge in [-0.25, -0.2) is 0 Å². The predicted molar refractivity (Wildman–Crippen MR) is 101 cm³/mol. The molecule has 0 spiro atoms. The number of rotatable bonds is 10. The van der Waals surface area contributed by atoms with E-state index in [0.29, 0.717) is 18.9 Å². The first-order valence-electron chi connectivity index (χ1n) is 8.34. The van der Waals surface area contributed by atoms with Crippen LogP contribution >= 0.6 is 23.1 Å². The van der Waals surface area contributed by atoms with Gasteiger partial charge in [-0.3, -0.25) is 4.79 Å². The van der Waals surface area contributed by atoms with Gasteiger partial charge in [0.05, 0.1) is 0 Å². The van der Waals surface area contributed by atoms with E-state index in [9.17, 15) is 4.79 Å². The van der Waals surface area contributed by atoms with Crippen molar-refractivity contribution in [1.29, 1.82) is 0 Å². The normalized spacial score (nSPS) is 11.2. The number of nitrogens with zero attached hydrogens (tertiary/aromatic N) is 3. The Morgan fingerprint density at radius 3 is 2.88 bits per heavy atom. The molecule has 1 amide bonds. The van der Waals surface area contributed by atoms with Crippen LogP contribution in [0.15, 0.2) is 22.0 Å². The minimum atomic E-state index is 0.120. The van der Waals surface area contributed by atoms with E-state index in [1.165, 1.54) is 5.56 Å². The zero-order valence-electron chi connectivity index (χ0n) is 14.6. The molecular formula is C17H26N4OS2. The van der Waals surface area contributed by atoms with Crippen LogP contribution in [0.5, 0.6) is 0 Å². The van der Waals surface area contributed by atoms with Crippen LogP contribution in [0.25, 0.3) is 0 Å². The second-order valence-electron chi connectivity index (χ2n) is 6.19. The van der Waals surface area contributed by atoms with Crippen LogP contribution in [0.1, 0.15) is 38.1 Å². The minimum Gasteiger partial charge on any atom is -0.356 e. The van der Waals surface area contributed by atoms with E-state index in [2.05, 4.69) is 45.4 Å². The van der Waals surface area contributed by atoms with Crippen LogP contribution in [-0.2, 0) is 24.2 Å². The molecule has 2 aromatic rings. The third-order valence-electron chi connectivity index (χ3n) is 3.64. The molecule has 0 fully saturated rings. The standard InChI is InChI=1S/C17H26N4OS2/c1-13(2)11-21-15(19-20-17(21)23-3)5-4-9-18-16(22)7-6-14-8-10-24-12-14/h8,10,12-13H,4-7,9,11H2,1-3H3,(H,18,22). The smallest absolute Gasteiger partial charge is 0.220 e. The number of carbonyl (C=O) groups excluding carboxylic acids is 1. The molecule has 0 aliphatic carbocycles. The highest BCUT2D eigenvalue weighted by molar-refractivity contribution is 7.98. The fourth-order valence-electron chi connectivity index (χ4n) is 2.46. The predicted octanol–water partition coefficient (Wildman–Crippen LogP) is 3.40. The summed E-state index contributed by atoms with van der Waals surface area (Å²) in [5.41, 5.74) is 1.24. The number of hydrogen-bond donors (Lipinski definition) is 1. The summed E-state index contributed by atoms with van der Waals surface area (Å²) in [5, 5.41) is 16.7. The molecule has 132 valence electrons. The van der Waals surface area contributed by atoms with Gasteiger partial charge in [0, 0.05) is 25.9 Å². The molecule has 2 aromatic heterocycles. The van der Waals surface area contributed by atoms with Crippen LogP contribution in [-0.4, -0.2) is 33.5 Å². The van der Waals surface area contributed by atoms with Crippen molar-refractivity contribution in [2.75, 3.05) is 12.8 Å². The highest BCUT2D eigenvalue weighted by Crippen LogP contribution is 2.16. The molecule has 2 rings (SSSR count). The molecule has 1 N–H and O–H groups in total. The Balaban J connectivity index is 1.72. The summed E-state index contributed by atoms with van der Waals surface area (Å²) in [7, 11) is 0. The Morgan fingerprint density at radius 1 is 1.38 bits per heavy atom. The van der Waals surface area contributed by atoms with Crippen molar-refractivity contribution in [3.8, 4) is 0 Å². The Labute approximate surface area is 152 Å². The maximum Gasteiger partial charge on any atom is 0.220 e. The fourth-order valence-corrected chi connectivity index (χ4v) is 3.68. The van der Waals surface area contributed by atoms with Gasteiger partial charge in [-0.15, -0.1) is 10.2 Å². The number of nitrogens with one attached hydrogen (secondary N) is 1. The average Bonchev–Trinajstić information content (AvgIpc) is 3.19. The lowest BCUT2D eigenvalue weighted by molar-refractivity contribution is -0.121. The number of thiophene rings is 1. The minimum absolute atomic E-state index is 0.120. The molecule has 2 heterocycles. The first-order chi connectivity index (χ1) is 11.6. The lowest BCUT2D eigenvalue weighted by Gasteiger charge is -2.11. The zero-order valence-corrected chi connectivity index (χ0v) is 16.3. The second-order valence-corrected chi connectivity index (χ2v) is 7.75. The molecular weight excluding hydrogens is 340 g/mol. The Bertz CT molecular complexity index is 623. The van der Waals surface area contributed by atoms with Gasteiger partial charge in [-0.2, -0.15) is 11.3 Å². The monoisotopic (exact) mass is 366 g/mol. The zero-order chi connectivity index (χ0) is 17.4. The van der Waals surface area contributed by atoms with Crippen molar-refractivity contribution >= 4 is 29.0 Å². The van der Waals surface area contributed by atoms with Gasteiger partial charge >= 0.3 is 0 Å². The Hall–Kier alpha value is -1.34. The van der Waals surface area contributed by atoms with Gasteiger partial charge in [0.15, 0.2) is 5.16 Å². The number of aryl methyl sites for hydroxylation is 2. The first kappa shape index (κ1) is 19.0. The molecule has 0 bridgehead atoms. The van der Waals surface area contributed by atoms with E-state index >= 15 is 0 Å². The van der Waals surface area contributed by atoms with Gasteiger partial charge in [0.1, 0.15) is 5.82 Å². The molecule has 0 unspecified atom stereocenters. The number of hydrogen-bond acceptors (Lipinski definition) is 5. The van der Waals surface area contributed by atoms with Crippen molar-refractivity contribution in [2.45, 2.75) is 51.2 Å². The van der Waals surface area contributed by atoms with E-state index < -0.39 is 0 Å². The van der Waals surface area contributed by atoms with Crippen LogP contribution in [0.3, 0.4) is 0 Å². The van der Waals surface area contributed by atoms with Crippen molar-refractivity contribution in [2.24, 2.45) is 5.92 Å². The summed E-state index contributed by atoms with van der Waals surface area (Å²) in [6.07, 6.45) is 5.12. The van der Waals surface area contributed by atoms with E-state index in [4.69, 9.17) is 0 Å². The lowest BCUT2D eigenvalue weighted by Crippen LogP contribution is -2.25. The van der Waals surface area contributed by atoms with Gasteiger partial charge in [-0.05, 0) is 47.4 Å². The molecule has 0 aliphatic heterocycles. The summed E-state index contributed by atoms with van der Waals surface area (Å²) in [6.45, 7) is 6.01. The van der Waals surface area contributed by atoms with Gasteiger partial charge in [-0.1, -0.05) is 25.6 Å². The Morgan fingerprint density at radius 2 is 2.21 bits per heavy atom. The van der Waals surface area contributed by atoms with E-state index in [1.807, 2.05) is 11.6 Å². The molecule has 5 nitrogen and oxygen atoms in total. The third-order valence-corrected chi connectivity index (χ3v) is 5.04. The van der Waals surface area contributed by atoms with Crippen LogP contribution < -0.4 is 5.32 Å². The summed E-state index contributed by atoms with van der Waals surface area (Å²) in [4.78, 5) is 11.9. The molecule has 0 aromatic carbocycles. The number of thioether (sulfide) groups is 1. The van der Waals surface area contributed by atoms with Gasteiger partial charge in [0.25, 0.3) is 0 Å². The molecule has 0 saturated carbocycles. The average molecular weight is 367 g/mol. The summed E-state index contributed by atoms with van der Waals surface area (Å²) in [5.74, 6) is 1.69. The van der Waals surface area contributed by atoms with Crippen molar-refractivity contribution < 1.29 is 4.79 Å². The largest absolute Gasteiger partial charge is 0.356 e. The molecule has 0 atom stereocenters. The topological polar surface area (TPSA) is 59.8 Å². The van der Waals surface area contributed by atoms with Crippen molar-refractivity contribution in [1.82, 2.24) is 20.1 Å². The highest BCUT2D eigenvalue weighted by atomic mass is 32.2. The first-order valence-corrected chi connectivity index (χ1v) is 10.5.